The van der Waals surface area contributed by atoms with Crippen molar-refractivity contribution in [3.05, 3.63) is 63.9 Å². The summed E-state index contributed by atoms with van der Waals surface area (Å²) in [4.78, 5) is 4.44. The topological polar surface area (TPSA) is 64.9 Å². The first-order valence-corrected chi connectivity index (χ1v) is 7.34. The highest BCUT2D eigenvalue weighted by Crippen LogP contribution is 2.25. The fourth-order valence-electron chi connectivity index (χ4n) is 2.16. The molecule has 0 atom stereocenters. The van der Waals surface area contributed by atoms with Crippen molar-refractivity contribution >= 4 is 21.6 Å². The molecule has 0 bridgehead atoms. The molecule has 2 N–H and O–H groups in total. The minimum absolute atomic E-state index is 0.478. The second kappa shape index (κ2) is 5.69. The van der Waals surface area contributed by atoms with Crippen LogP contribution in [0.5, 0.6) is 0 Å². The summed E-state index contributed by atoms with van der Waals surface area (Å²) in [5.41, 5.74) is 9.70. The molecule has 2 aromatic carbocycles. The van der Waals surface area contributed by atoms with Gasteiger partial charge in [-0.1, -0.05) is 45.4 Å². The van der Waals surface area contributed by atoms with Crippen LogP contribution < -0.4 is 5.73 Å². The summed E-state index contributed by atoms with van der Waals surface area (Å²) in [7, 11) is 0. The van der Waals surface area contributed by atoms with Gasteiger partial charge >= 0.3 is 0 Å². The molecule has 0 fully saturated rings. The third kappa shape index (κ3) is 3.13. The number of aryl methyl sites for hydroxylation is 1. The fourth-order valence-corrected chi connectivity index (χ4v) is 2.67. The monoisotopic (exact) mass is 343 g/mol. The average Bonchev–Trinajstić information content (AvgIpc) is 2.89. The average molecular weight is 344 g/mol. The van der Waals surface area contributed by atoms with E-state index in [1.807, 2.05) is 30.3 Å². The van der Waals surface area contributed by atoms with Gasteiger partial charge in [0.15, 0.2) is 5.82 Å². The van der Waals surface area contributed by atoms with Crippen LogP contribution >= 0.6 is 15.9 Å². The van der Waals surface area contributed by atoms with Gasteiger partial charge in [-0.25, -0.2) is 0 Å². The van der Waals surface area contributed by atoms with Crippen molar-refractivity contribution in [3.63, 3.8) is 0 Å². The van der Waals surface area contributed by atoms with Gasteiger partial charge in [-0.3, -0.25) is 0 Å². The summed E-state index contributed by atoms with van der Waals surface area (Å²) in [6, 6.07) is 13.7. The van der Waals surface area contributed by atoms with Gasteiger partial charge in [0.2, 0.25) is 0 Å². The Morgan fingerprint density at radius 3 is 2.76 bits per heavy atom. The molecule has 5 heteroatoms. The Hall–Kier alpha value is -2.14. The molecule has 3 rings (SSSR count). The Bertz CT molecular complexity index is 762. The number of rotatable bonds is 3. The molecular formula is C16H14BrN3O. The van der Waals surface area contributed by atoms with Crippen molar-refractivity contribution in [2.45, 2.75) is 13.3 Å². The van der Waals surface area contributed by atoms with E-state index in [4.69, 9.17) is 10.3 Å². The van der Waals surface area contributed by atoms with E-state index in [1.165, 1.54) is 11.1 Å². The van der Waals surface area contributed by atoms with Gasteiger partial charge in [0.1, 0.15) is 0 Å². The maximum atomic E-state index is 5.83. The van der Waals surface area contributed by atoms with Crippen molar-refractivity contribution in [3.8, 4) is 11.5 Å². The van der Waals surface area contributed by atoms with Crippen molar-refractivity contribution in [1.29, 1.82) is 0 Å². The van der Waals surface area contributed by atoms with Crippen LogP contribution in [0.15, 0.2) is 51.5 Å². The van der Waals surface area contributed by atoms with Crippen LogP contribution in [-0.2, 0) is 6.42 Å². The predicted octanol–water partition coefficient (Wildman–Crippen LogP) is 3.98. The van der Waals surface area contributed by atoms with Crippen LogP contribution in [0.2, 0.25) is 0 Å². The molecule has 0 radical (unpaired) electrons. The second-order valence-electron chi connectivity index (χ2n) is 4.89. The molecule has 3 aromatic rings. The Morgan fingerprint density at radius 2 is 2.00 bits per heavy atom. The highest BCUT2D eigenvalue weighted by molar-refractivity contribution is 9.10. The summed E-state index contributed by atoms with van der Waals surface area (Å²) >= 11 is 3.41. The smallest absolute Gasteiger partial charge is 0.258 e. The van der Waals surface area contributed by atoms with E-state index >= 15 is 0 Å². The number of hydrogen-bond donors (Lipinski definition) is 1. The Kier molecular flexibility index (Phi) is 3.75. The summed E-state index contributed by atoms with van der Waals surface area (Å²) in [6.07, 6.45) is 0.652. The van der Waals surface area contributed by atoms with E-state index in [-0.39, 0.29) is 0 Å². The van der Waals surface area contributed by atoms with Crippen LogP contribution in [-0.4, -0.2) is 10.1 Å². The van der Waals surface area contributed by atoms with E-state index in [1.54, 1.807) is 0 Å². The number of halogens is 1. The zero-order valence-corrected chi connectivity index (χ0v) is 13.1. The lowest BCUT2D eigenvalue weighted by atomic mass is 10.1. The van der Waals surface area contributed by atoms with E-state index in [0.29, 0.717) is 23.8 Å². The Labute approximate surface area is 131 Å². The molecule has 0 amide bonds. The van der Waals surface area contributed by atoms with Crippen LogP contribution in [0.3, 0.4) is 0 Å². The lowest BCUT2D eigenvalue weighted by Crippen LogP contribution is -1.93. The summed E-state index contributed by atoms with van der Waals surface area (Å²) in [5, 5.41) is 4.05. The van der Waals surface area contributed by atoms with Gasteiger partial charge < -0.3 is 10.3 Å². The van der Waals surface area contributed by atoms with E-state index in [9.17, 15) is 0 Å². The minimum atomic E-state index is 0.478. The first-order chi connectivity index (χ1) is 10.1. The lowest BCUT2D eigenvalue weighted by Gasteiger charge is -2.01. The van der Waals surface area contributed by atoms with Gasteiger partial charge in [0, 0.05) is 22.1 Å². The van der Waals surface area contributed by atoms with E-state index in [0.717, 1.165) is 10.0 Å². The molecule has 0 aliphatic rings. The van der Waals surface area contributed by atoms with Gasteiger partial charge in [-0.2, -0.15) is 4.98 Å². The van der Waals surface area contributed by atoms with Crippen molar-refractivity contribution in [2.75, 3.05) is 5.73 Å². The first kappa shape index (κ1) is 13.8. The fraction of sp³-hybridized carbons (Fsp3) is 0.125. The number of hydrogen-bond acceptors (Lipinski definition) is 4. The Balaban J connectivity index is 1.88. The molecule has 0 unspecified atom stereocenters. The third-order valence-electron chi connectivity index (χ3n) is 3.24. The lowest BCUT2D eigenvalue weighted by molar-refractivity contribution is 0.424. The third-order valence-corrected chi connectivity index (χ3v) is 3.70. The van der Waals surface area contributed by atoms with Crippen LogP contribution in [0, 0.1) is 6.92 Å². The van der Waals surface area contributed by atoms with E-state index in [2.05, 4.69) is 45.1 Å². The quantitative estimate of drug-likeness (QED) is 0.730. The molecule has 0 aliphatic carbocycles. The standard InChI is InChI=1S/C16H14BrN3O/c1-10-4-2-3-5-11(10)8-15-19-16(21-20-15)12-6-13(17)9-14(18)7-12/h2-7,9H,8,18H2,1H3. The zero-order valence-electron chi connectivity index (χ0n) is 11.5. The largest absolute Gasteiger partial charge is 0.399 e. The van der Waals surface area contributed by atoms with Gasteiger partial charge in [0.05, 0.1) is 0 Å². The highest BCUT2D eigenvalue weighted by atomic mass is 79.9. The number of nitrogens with zero attached hydrogens (tertiary/aromatic N) is 2. The molecule has 0 saturated heterocycles. The molecular weight excluding hydrogens is 330 g/mol. The molecule has 0 aliphatic heterocycles. The minimum Gasteiger partial charge on any atom is -0.399 e. The first-order valence-electron chi connectivity index (χ1n) is 6.55. The van der Waals surface area contributed by atoms with Crippen LogP contribution in [0.25, 0.3) is 11.5 Å². The number of aromatic nitrogens is 2. The second-order valence-corrected chi connectivity index (χ2v) is 5.81. The summed E-state index contributed by atoms with van der Waals surface area (Å²) in [6.45, 7) is 2.07. The van der Waals surface area contributed by atoms with Crippen LogP contribution in [0.4, 0.5) is 5.69 Å². The van der Waals surface area contributed by atoms with E-state index < -0.39 is 0 Å². The van der Waals surface area contributed by atoms with Crippen molar-refractivity contribution in [2.24, 2.45) is 0 Å². The molecule has 4 nitrogen and oxygen atoms in total. The molecule has 0 spiro atoms. The SMILES string of the molecule is Cc1ccccc1Cc1noc(-c2cc(N)cc(Br)c2)n1. The summed E-state index contributed by atoms with van der Waals surface area (Å²) in [5.74, 6) is 1.14. The number of nitrogens with two attached hydrogens (primary N) is 1. The van der Waals surface area contributed by atoms with Crippen LogP contribution in [0.1, 0.15) is 17.0 Å². The maximum absolute atomic E-state index is 5.83. The van der Waals surface area contributed by atoms with Gasteiger partial charge in [-0.15, -0.1) is 0 Å². The van der Waals surface area contributed by atoms with Crippen molar-refractivity contribution < 1.29 is 4.52 Å². The Morgan fingerprint density at radius 1 is 1.19 bits per heavy atom. The van der Waals surface area contributed by atoms with Crippen molar-refractivity contribution in [1.82, 2.24) is 10.1 Å². The number of benzene rings is 2. The summed E-state index contributed by atoms with van der Waals surface area (Å²) < 4.78 is 6.22. The number of nitrogen functional groups attached to an aromatic ring is 1. The predicted molar refractivity (Wildman–Crippen MR) is 85.8 cm³/mol. The molecule has 1 aromatic heterocycles. The number of anilines is 1. The normalized spacial score (nSPS) is 10.8. The molecule has 1 heterocycles. The highest BCUT2D eigenvalue weighted by Gasteiger charge is 2.11. The maximum Gasteiger partial charge on any atom is 0.258 e. The van der Waals surface area contributed by atoms with Gasteiger partial charge in [0.25, 0.3) is 5.89 Å². The molecule has 0 saturated carbocycles. The molecule has 106 valence electrons. The van der Waals surface area contributed by atoms with Gasteiger partial charge in [-0.05, 0) is 36.2 Å². The zero-order chi connectivity index (χ0) is 14.8. The molecule has 21 heavy (non-hydrogen) atoms.